The maximum Gasteiger partial charge on any atom is 0.149 e. The zero-order valence-corrected chi connectivity index (χ0v) is 12.5. The first kappa shape index (κ1) is 14.7. The van der Waals surface area contributed by atoms with Gasteiger partial charge in [-0.05, 0) is 43.1 Å². The Morgan fingerprint density at radius 3 is 2.55 bits per heavy atom. The predicted molar refractivity (Wildman–Crippen MR) is 79.7 cm³/mol. The summed E-state index contributed by atoms with van der Waals surface area (Å²) in [7, 11) is 0. The monoisotopic (exact) mass is 275 g/mol. The van der Waals surface area contributed by atoms with E-state index < -0.39 is 0 Å². The first-order valence-electron chi connectivity index (χ1n) is 7.11. The maximum atomic E-state index is 14.3. The first-order chi connectivity index (χ1) is 9.52. The van der Waals surface area contributed by atoms with Crippen molar-refractivity contribution in [2.75, 3.05) is 6.54 Å². The maximum absolute atomic E-state index is 14.3. The molecule has 1 atom stereocenters. The molecule has 2 aromatic rings. The first-order valence-corrected chi connectivity index (χ1v) is 7.11. The van der Waals surface area contributed by atoms with Crippen LogP contribution in [-0.2, 0) is 0 Å². The standard InChI is InChI=1S/C16H22FN3/c1-5-18-12(4)13-6-7-16(14(17)10-13)20-9-8-15(19-20)11(2)3/h6-12,18H,5H2,1-4H3. The Bertz CT molecular complexity index is 575. The van der Waals surface area contributed by atoms with E-state index in [1.165, 1.54) is 0 Å². The molecule has 0 aliphatic rings. The van der Waals surface area contributed by atoms with E-state index in [4.69, 9.17) is 0 Å². The molecule has 20 heavy (non-hydrogen) atoms. The molecular weight excluding hydrogens is 253 g/mol. The lowest BCUT2D eigenvalue weighted by molar-refractivity contribution is 0.576. The summed E-state index contributed by atoms with van der Waals surface area (Å²) in [5, 5.41) is 7.69. The van der Waals surface area contributed by atoms with Crippen LogP contribution in [0.1, 0.15) is 50.9 Å². The van der Waals surface area contributed by atoms with Crippen molar-refractivity contribution in [1.29, 1.82) is 0 Å². The Morgan fingerprint density at radius 2 is 2.00 bits per heavy atom. The summed E-state index contributed by atoms with van der Waals surface area (Å²) in [6.07, 6.45) is 1.81. The molecule has 0 bridgehead atoms. The lowest BCUT2D eigenvalue weighted by Crippen LogP contribution is -2.18. The zero-order valence-electron chi connectivity index (χ0n) is 12.5. The zero-order chi connectivity index (χ0) is 14.7. The van der Waals surface area contributed by atoms with Gasteiger partial charge < -0.3 is 5.32 Å². The Labute approximate surface area is 119 Å². The van der Waals surface area contributed by atoms with Gasteiger partial charge in [0.15, 0.2) is 0 Å². The minimum absolute atomic E-state index is 0.146. The highest BCUT2D eigenvalue weighted by Crippen LogP contribution is 2.20. The average molecular weight is 275 g/mol. The topological polar surface area (TPSA) is 29.9 Å². The number of benzene rings is 1. The second kappa shape index (κ2) is 6.18. The van der Waals surface area contributed by atoms with E-state index in [2.05, 4.69) is 24.3 Å². The smallest absolute Gasteiger partial charge is 0.149 e. The fourth-order valence-corrected chi connectivity index (χ4v) is 2.18. The van der Waals surface area contributed by atoms with Crippen molar-refractivity contribution in [3.05, 3.63) is 47.5 Å². The van der Waals surface area contributed by atoms with Crippen LogP contribution in [0.2, 0.25) is 0 Å². The normalized spacial score (nSPS) is 12.9. The van der Waals surface area contributed by atoms with Gasteiger partial charge in [0.25, 0.3) is 0 Å². The summed E-state index contributed by atoms with van der Waals surface area (Å²) in [6, 6.07) is 7.39. The molecule has 0 saturated heterocycles. The predicted octanol–water partition coefficient (Wildman–Crippen LogP) is 3.81. The molecule has 0 aliphatic heterocycles. The van der Waals surface area contributed by atoms with Crippen LogP contribution in [0.15, 0.2) is 30.5 Å². The van der Waals surface area contributed by atoms with Gasteiger partial charge in [0.05, 0.1) is 5.69 Å². The molecule has 0 fully saturated rings. The van der Waals surface area contributed by atoms with Crippen LogP contribution < -0.4 is 5.32 Å². The van der Waals surface area contributed by atoms with Gasteiger partial charge in [0.1, 0.15) is 11.5 Å². The molecule has 0 amide bonds. The molecule has 0 aliphatic carbocycles. The minimum atomic E-state index is -0.245. The molecule has 1 aromatic carbocycles. The molecule has 0 saturated carbocycles. The third-order valence-electron chi connectivity index (χ3n) is 3.43. The number of hydrogen-bond acceptors (Lipinski definition) is 2. The van der Waals surface area contributed by atoms with Gasteiger partial charge in [-0.25, -0.2) is 9.07 Å². The Morgan fingerprint density at radius 1 is 1.25 bits per heavy atom. The quantitative estimate of drug-likeness (QED) is 0.899. The molecule has 4 heteroatoms. The summed E-state index contributed by atoms with van der Waals surface area (Å²) in [5.74, 6) is 0.0954. The van der Waals surface area contributed by atoms with Gasteiger partial charge >= 0.3 is 0 Å². The van der Waals surface area contributed by atoms with E-state index in [1.807, 2.05) is 26.0 Å². The van der Waals surface area contributed by atoms with E-state index in [9.17, 15) is 4.39 Å². The van der Waals surface area contributed by atoms with Crippen LogP contribution in [0.3, 0.4) is 0 Å². The Balaban J connectivity index is 2.29. The van der Waals surface area contributed by atoms with Crippen LogP contribution in [0.25, 0.3) is 5.69 Å². The van der Waals surface area contributed by atoms with Crippen LogP contribution in [0.5, 0.6) is 0 Å². The molecule has 1 aromatic heterocycles. The summed E-state index contributed by atoms with van der Waals surface area (Å²) in [4.78, 5) is 0. The molecule has 3 nitrogen and oxygen atoms in total. The van der Waals surface area contributed by atoms with Gasteiger partial charge in [-0.15, -0.1) is 0 Å². The summed E-state index contributed by atoms with van der Waals surface area (Å²) in [5.41, 5.74) is 2.41. The molecule has 2 rings (SSSR count). The van der Waals surface area contributed by atoms with E-state index in [0.717, 1.165) is 17.8 Å². The van der Waals surface area contributed by atoms with Crippen LogP contribution in [0.4, 0.5) is 4.39 Å². The highest BCUT2D eigenvalue weighted by atomic mass is 19.1. The van der Waals surface area contributed by atoms with Gasteiger partial charge in [-0.2, -0.15) is 5.10 Å². The van der Waals surface area contributed by atoms with E-state index in [0.29, 0.717) is 11.6 Å². The fraction of sp³-hybridized carbons (Fsp3) is 0.438. The number of hydrogen-bond donors (Lipinski definition) is 1. The summed E-state index contributed by atoms with van der Waals surface area (Å²) in [6.45, 7) is 9.08. The second-order valence-corrected chi connectivity index (χ2v) is 5.33. The molecular formula is C16H22FN3. The third-order valence-corrected chi connectivity index (χ3v) is 3.43. The number of aromatic nitrogens is 2. The van der Waals surface area contributed by atoms with Crippen molar-refractivity contribution >= 4 is 0 Å². The summed E-state index contributed by atoms with van der Waals surface area (Å²) < 4.78 is 15.9. The Hall–Kier alpha value is -1.68. The Kier molecular flexibility index (Phi) is 4.55. The number of halogens is 1. The van der Waals surface area contributed by atoms with Gasteiger partial charge in [-0.1, -0.05) is 26.8 Å². The second-order valence-electron chi connectivity index (χ2n) is 5.33. The van der Waals surface area contributed by atoms with Crippen LogP contribution >= 0.6 is 0 Å². The van der Waals surface area contributed by atoms with E-state index in [1.54, 1.807) is 23.0 Å². The molecule has 1 unspecified atom stereocenters. The molecule has 0 radical (unpaired) electrons. The van der Waals surface area contributed by atoms with Crippen molar-refractivity contribution in [2.24, 2.45) is 0 Å². The van der Waals surface area contributed by atoms with Crippen molar-refractivity contribution in [3.8, 4) is 5.69 Å². The van der Waals surface area contributed by atoms with Gasteiger partial charge in [-0.3, -0.25) is 0 Å². The number of nitrogens with one attached hydrogen (secondary N) is 1. The van der Waals surface area contributed by atoms with Crippen molar-refractivity contribution < 1.29 is 4.39 Å². The largest absolute Gasteiger partial charge is 0.310 e. The van der Waals surface area contributed by atoms with Crippen molar-refractivity contribution in [1.82, 2.24) is 15.1 Å². The lowest BCUT2D eigenvalue weighted by atomic mass is 10.1. The third kappa shape index (κ3) is 3.07. The van der Waals surface area contributed by atoms with E-state index >= 15 is 0 Å². The highest BCUT2D eigenvalue weighted by molar-refractivity contribution is 5.37. The van der Waals surface area contributed by atoms with Crippen molar-refractivity contribution in [2.45, 2.75) is 39.7 Å². The molecule has 1 heterocycles. The van der Waals surface area contributed by atoms with Gasteiger partial charge in [0.2, 0.25) is 0 Å². The van der Waals surface area contributed by atoms with Gasteiger partial charge in [0, 0.05) is 12.2 Å². The fourth-order valence-electron chi connectivity index (χ4n) is 2.18. The minimum Gasteiger partial charge on any atom is -0.310 e. The number of rotatable bonds is 5. The molecule has 0 spiro atoms. The van der Waals surface area contributed by atoms with Crippen LogP contribution in [-0.4, -0.2) is 16.3 Å². The molecule has 108 valence electrons. The van der Waals surface area contributed by atoms with Crippen LogP contribution in [0, 0.1) is 5.82 Å². The number of nitrogens with zero attached hydrogens (tertiary/aromatic N) is 2. The van der Waals surface area contributed by atoms with E-state index in [-0.39, 0.29) is 11.9 Å². The van der Waals surface area contributed by atoms with Crippen molar-refractivity contribution in [3.63, 3.8) is 0 Å². The molecule has 1 N–H and O–H groups in total. The SMILES string of the molecule is CCNC(C)c1ccc(-n2ccc(C(C)C)n2)c(F)c1. The summed E-state index contributed by atoms with van der Waals surface area (Å²) >= 11 is 0. The lowest BCUT2D eigenvalue weighted by Gasteiger charge is -2.14. The highest BCUT2D eigenvalue weighted by Gasteiger charge is 2.11. The average Bonchev–Trinajstić information content (AvgIpc) is 2.88.